The van der Waals surface area contributed by atoms with Gasteiger partial charge in [-0.3, -0.25) is 9.59 Å². The lowest BCUT2D eigenvalue weighted by Gasteiger charge is -2.40. The van der Waals surface area contributed by atoms with Gasteiger partial charge in [0.1, 0.15) is 5.41 Å². The van der Waals surface area contributed by atoms with E-state index >= 15 is 0 Å². The van der Waals surface area contributed by atoms with Crippen LogP contribution >= 0.6 is 0 Å². The maximum atomic E-state index is 12.7. The van der Waals surface area contributed by atoms with E-state index in [1.165, 1.54) is 11.1 Å². The Labute approximate surface area is 155 Å². The summed E-state index contributed by atoms with van der Waals surface area (Å²) in [6.45, 7) is 9.60. The molecule has 0 spiro atoms. The van der Waals surface area contributed by atoms with Crippen molar-refractivity contribution in [2.24, 2.45) is 11.8 Å². The Bertz CT molecular complexity index is 800. The second-order valence-electron chi connectivity index (χ2n) is 8.00. The molecular weight excluding hydrogens is 324 g/mol. The van der Waals surface area contributed by atoms with E-state index < -0.39 is 11.4 Å². The molecule has 1 N–H and O–H groups in total. The van der Waals surface area contributed by atoms with Gasteiger partial charge in [0.25, 0.3) is 0 Å². The molecule has 26 heavy (non-hydrogen) atoms. The number of ketones is 1. The molecule has 0 amide bonds. The van der Waals surface area contributed by atoms with Crippen LogP contribution in [0.5, 0.6) is 0 Å². The smallest absolute Gasteiger partial charge is 0.315 e. The van der Waals surface area contributed by atoms with Crippen molar-refractivity contribution in [2.45, 2.75) is 58.3 Å². The predicted molar refractivity (Wildman–Crippen MR) is 103 cm³/mol. The van der Waals surface area contributed by atoms with Gasteiger partial charge in [0, 0.05) is 12.3 Å². The monoisotopic (exact) mass is 352 g/mol. The zero-order chi connectivity index (χ0) is 19.1. The molecule has 0 saturated carbocycles. The molecule has 0 bridgehead atoms. The van der Waals surface area contributed by atoms with E-state index in [1.807, 2.05) is 26.8 Å². The Morgan fingerprint density at radius 1 is 1.35 bits per heavy atom. The first-order valence-electron chi connectivity index (χ1n) is 9.53. The van der Waals surface area contributed by atoms with Crippen molar-refractivity contribution in [1.82, 2.24) is 0 Å². The van der Waals surface area contributed by atoms with Crippen LogP contribution in [0.4, 0.5) is 0 Å². The first-order valence-corrected chi connectivity index (χ1v) is 9.53. The maximum Gasteiger partial charge on any atom is 0.315 e. The SMILES string of the molecule is C=CCC1=C(C)C(C(C(=O)O)(c2ccc3c(c2)CCC3)C(C)C)CC1=O. The molecule has 3 heteroatoms. The maximum absolute atomic E-state index is 12.7. The minimum absolute atomic E-state index is 0.0693. The van der Waals surface area contributed by atoms with Crippen LogP contribution in [0, 0.1) is 11.8 Å². The van der Waals surface area contributed by atoms with Crippen LogP contribution in [0.15, 0.2) is 42.0 Å². The van der Waals surface area contributed by atoms with Crippen molar-refractivity contribution < 1.29 is 14.7 Å². The zero-order valence-corrected chi connectivity index (χ0v) is 16.0. The second-order valence-corrected chi connectivity index (χ2v) is 8.00. The van der Waals surface area contributed by atoms with Crippen LogP contribution in [-0.2, 0) is 27.8 Å². The summed E-state index contributed by atoms with van der Waals surface area (Å²) >= 11 is 0. The topological polar surface area (TPSA) is 54.4 Å². The Morgan fingerprint density at radius 3 is 2.65 bits per heavy atom. The van der Waals surface area contributed by atoms with Crippen molar-refractivity contribution in [1.29, 1.82) is 0 Å². The summed E-state index contributed by atoms with van der Waals surface area (Å²) in [5, 5.41) is 10.4. The molecule has 2 unspecified atom stereocenters. The van der Waals surface area contributed by atoms with Crippen LogP contribution in [0.1, 0.15) is 56.7 Å². The van der Waals surface area contributed by atoms with Gasteiger partial charge in [-0.15, -0.1) is 6.58 Å². The third-order valence-corrected chi connectivity index (χ3v) is 6.46. The van der Waals surface area contributed by atoms with Crippen molar-refractivity contribution in [3.8, 4) is 0 Å². The summed E-state index contributed by atoms with van der Waals surface area (Å²) in [5.41, 5.74) is 4.03. The molecule has 1 aromatic carbocycles. The number of carbonyl (C=O) groups is 2. The number of hydrogen-bond donors (Lipinski definition) is 1. The average molecular weight is 352 g/mol. The molecule has 138 valence electrons. The molecule has 0 fully saturated rings. The van der Waals surface area contributed by atoms with Gasteiger partial charge < -0.3 is 5.11 Å². The van der Waals surface area contributed by atoms with E-state index in [2.05, 4.69) is 18.7 Å². The number of rotatable bonds is 6. The summed E-state index contributed by atoms with van der Waals surface area (Å²) in [5.74, 6) is -1.19. The number of carbonyl (C=O) groups excluding carboxylic acids is 1. The number of aliphatic carboxylic acids is 1. The Balaban J connectivity index is 2.19. The summed E-state index contributed by atoms with van der Waals surface area (Å²) in [4.78, 5) is 25.3. The van der Waals surface area contributed by atoms with Crippen molar-refractivity contribution in [2.75, 3.05) is 0 Å². The largest absolute Gasteiger partial charge is 0.481 e. The summed E-state index contributed by atoms with van der Waals surface area (Å²) < 4.78 is 0. The van der Waals surface area contributed by atoms with Crippen molar-refractivity contribution >= 4 is 11.8 Å². The van der Waals surface area contributed by atoms with Gasteiger partial charge in [-0.1, -0.05) is 43.7 Å². The van der Waals surface area contributed by atoms with Crippen LogP contribution in [0.2, 0.25) is 0 Å². The number of fused-ring (bicyclic) bond motifs is 1. The predicted octanol–water partition coefficient (Wildman–Crippen LogP) is 4.64. The van der Waals surface area contributed by atoms with E-state index in [4.69, 9.17) is 0 Å². The lowest BCUT2D eigenvalue weighted by Crippen LogP contribution is -2.47. The third-order valence-electron chi connectivity index (χ3n) is 6.46. The van der Waals surface area contributed by atoms with E-state index in [0.29, 0.717) is 6.42 Å². The fourth-order valence-corrected chi connectivity index (χ4v) is 5.10. The van der Waals surface area contributed by atoms with Crippen molar-refractivity contribution in [3.05, 3.63) is 58.7 Å². The quantitative estimate of drug-likeness (QED) is 0.759. The molecule has 2 atom stereocenters. The average Bonchev–Trinajstić information content (AvgIpc) is 3.15. The summed E-state index contributed by atoms with van der Waals surface area (Å²) in [6, 6.07) is 6.18. The molecule has 0 aromatic heterocycles. The number of benzene rings is 1. The third kappa shape index (κ3) is 2.65. The minimum atomic E-state index is -1.08. The number of aryl methyl sites for hydroxylation is 2. The fourth-order valence-electron chi connectivity index (χ4n) is 5.10. The lowest BCUT2D eigenvalue weighted by molar-refractivity contribution is -0.148. The minimum Gasteiger partial charge on any atom is -0.481 e. The van der Waals surface area contributed by atoms with E-state index in [1.54, 1.807) is 6.08 Å². The van der Waals surface area contributed by atoms with Crippen LogP contribution in [0.25, 0.3) is 0 Å². The van der Waals surface area contributed by atoms with E-state index in [-0.39, 0.29) is 24.0 Å². The van der Waals surface area contributed by atoms with Crippen LogP contribution in [0.3, 0.4) is 0 Å². The Hall–Kier alpha value is -2.16. The van der Waals surface area contributed by atoms with Gasteiger partial charge in [0.2, 0.25) is 0 Å². The van der Waals surface area contributed by atoms with Gasteiger partial charge in [-0.25, -0.2) is 0 Å². The number of allylic oxidation sites excluding steroid dienone is 3. The number of hydrogen-bond acceptors (Lipinski definition) is 2. The highest BCUT2D eigenvalue weighted by Gasteiger charge is 2.53. The first-order chi connectivity index (χ1) is 12.3. The Morgan fingerprint density at radius 2 is 2.04 bits per heavy atom. The second kappa shape index (κ2) is 6.86. The summed E-state index contributed by atoms with van der Waals surface area (Å²) in [6.07, 6.45) is 5.73. The number of Topliss-reactive ketones (excluding diaryl/α,β-unsaturated/α-hetero) is 1. The van der Waals surface area contributed by atoms with Crippen LogP contribution < -0.4 is 0 Å². The highest BCUT2D eigenvalue weighted by atomic mass is 16.4. The first kappa shape index (κ1) is 18.6. The molecule has 0 saturated heterocycles. The molecule has 0 aliphatic heterocycles. The zero-order valence-electron chi connectivity index (χ0n) is 16.0. The number of carboxylic acids is 1. The highest BCUT2D eigenvalue weighted by molar-refractivity contribution is 6.01. The van der Waals surface area contributed by atoms with Crippen LogP contribution in [-0.4, -0.2) is 16.9 Å². The summed E-state index contributed by atoms with van der Waals surface area (Å²) in [7, 11) is 0. The van der Waals surface area contributed by atoms with Gasteiger partial charge in [-0.2, -0.15) is 0 Å². The molecule has 2 aliphatic carbocycles. The lowest BCUT2D eigenvalue weighted by atomic mass is 9.61. The molecule has 0 radical (unpaired) electrons. The highest BCUT2D eigenvalue weighted by Crippen LogP contribution is 2.49. The molecular formula is C23H28O3. The molecule has 0 heterocycles. The standard InChI is InChI=1S/C23H28O3/c1-5-7-19-15(4)20(13-21(19)24)23(14(2)3,22(25)26)18-11-10-16-8-6-9-17(16)12-18/h5,10-12,14,20H,1,6-9,13H2,2-4H3,(H,25,26). The Kier molecular flexibility index (Phi) is 4.92. The molecule has 2 aliphatic rings. The fraction of sp³-hybridized carbons (Fsp3) is 0.478. The van der Waals surface area contributed by atoms with Gasteiger partial charge in [0.15, 0.2) is 5.78 Å². The van der Waals surface area contributed by atoms with E-state index in [0.717, 1.165) is 36.0 Å². The van der Waals surface area contributed by atoms with E-state index in [9.17, 15) is 14.7 Å². The van der Waals surface area contributed by atoms with Crippen molar-refractivity contribution in [3.63, 3.8) is 0 Å². The number of carboxylic acid groups (broad SMARTS) is 1. The normalized spacial score (nSPS) is 21.8. The molecule has 3 rings (SSSR count). The van der Waals surface area contributed by atoms with Gasteiger partial charge in [-0.05, 0) is 60.8 Å². The van der Waals surface area contributed by atoms with Gasteiger partial charge >= 0.3 is 5.97 Å². The molecule has 3 nitrogen and oxygen atoms in total. The molecule has 1 aromatic rings. The van der Waals surface area contributed by atoms with Gasteiger partial charge in [0.05, 0.1) is 0 Å².